The number of hydrogen-bond donors (Lipinski definition) is 0. The fourth-order valence-corrected chi connectivity index (χ4v) is 5.66. The summed E-state index contributed by atoms with van der Waals surface area (Å²) in [6.45, 7) is 7.45. The molecule has 1 amide bonds. The van der Waals surface area contributed by atoms with Gasteiger partial charge in [-0.3, -0.25) is 4.79 Å². The standard InChI is InChI=1S/C19H30N4OS/c1-14(2)17-20-21-18(25-17)22-11-9-19(10-12-22)8-7-16(24)23(13-19)15-5-3-4-6-15/h14-15H,3-13H2,1-2H3. The Balaban J connectivity index is 1.40. The molecule has 138 valence electrons. The number of likely N-dealkylation sites (tertiary alicyclic amines) is 1. The fourth-order valence-electron chi connectivity index (χ4n) is 4.76. The largest absolute Gasteiger partial charge is 0.347 e. The number of carbonyl (C=O) groups excluding carboxylic acids is 1. The lowest BCUT2D eigenvalue weighted by Crippen LogP contribution is -2.54. The highest BCUT2D eigenvalue weighted by Gasteiger charge is 2.43. The van der Waals surface area contributed by atoms with E-state index in [9.17, 15) is 4.79 Å². The van der Waals surface area contributed by atoms with Crippen LogP contribution < -0.4 is 4.90 Å². The first-order valence-electron chi connectivity index (χ1n) is 9.94. The number of aromatic nitrogens is 2. The van der Waals surface area contributed by atoms with Gasteiger partial charge in [0.25, 0.3) is 0 Å². The molecule has 2 saturated heterocycles. The highest BCUT2D eigenvalue weighted by atomic mass is 32.1. The van der Waals surface area contributed by atoms with Crippen molar-refractivity contribution in [2.75, 3.05) is 24.5 Å². The Labute approximate surface area is 154 Å². The van der Waals surface area contributed by atoms with Crippen molar-refractivity contribution in [1.82, 2.24) is 15.1 Å². The molecule has 3 fully saturated rings. The van der Waals surface area contributed by atoms with Gasteiger partial charge in [0.15, 0.2) is 0 Å². The Kier molecular flexibility index (Phi) is 4.73. The van der Waals surface area contributed by atoms with E-state index in [1.165, 1.54) is 38.5 Å². The van der Waals surface area contributed by atoms with Gasteiger partial charge in [-0.2, -0.15) is 0 Å². The minimum Gasteiger partial charge on any atom is -0.347 e. The molecule has 4 rings (SSSR count). The van der Waals surface area contributed by atoms with Crippen molar-refractivity contribution < 1.29 is 4.79 Å². The smallest absolute Gasteiger partial charge is 0.222 e. The minimum atomic E-state index is 0.346. The molecule has 0 atom stereocenters. The van der Waals surface area contributed by atoms with Crippen LogP contribution >= 0.6 is 11.3 Å². The fraction of sp³-hybridized carbons (Fsp3) is 0.842. The van der Waals surface area contributed by atoms with Crippen LogP contribution in [-0.2, 0) is 4.79 Å². The average molecular weight is 363 g/mol. The zero-order valence-corrected chi connectivity index (χ0v) is 16.4. The summed E-state index contributed by atoms with van der Waals surface area (Å²) in [6.07, 6.45) is 9.23. The molecule has 1 spiro atoms. The van der Waals surface area contributed by atoms with Gasteiger partial charge < -0.3 is 9.80 Å². The summed E-state index contributed by atoms with van der Waals surface area (Å²) >= 11 is 1.74. The average Bonchev–Trinajstić information content (AvgIpc) is 3.29. The lowest BCUT2D eigenvalue weighted by molar-refractivity contribution is -0.141. The van der Waals surface area contributed by atoms with Gasteiger partial charge in [0.1, 0.15) is 5.01 Å². The molecule has 0 aromatic carbocycles. The molecule has 1 aromatic rings. The molecule has 3 heterocycles. The molecular weight excluding hydrogens is 332 g/mol. The number of amides is 1. The van der Waals surface area contributed by atoms with E-state index in [0.29, 0.717) is 23.3 Å². The Morgan fingerprint density at radius 1 is 1.12 bits per heavy atom. The SMILES string of the molecule is CC(C)c1nnc(N2CCC3(CCC(=O)N(C4CCCC4)C3)CC2)s1. The van der Waals surface area contributed by atoms with E-state index in [4.69, 9.17) is 0 Å². The molecule has 1 aliphatic carbocycles. The monoisotopic (exact) mass is 362 g/mol. The zero-order chi connectivity index (χ0) is 17.4. The van der Waals surface area contributed by atoms with Crippen LogP contribution in [0.15, 0.2) is 0 Å². The summed E-state index contributed by atoms with van der Waals surface area (Å²) in [5.74, 6) is 0.859. The minimum absolute atomic E-state index is 0.346. The van der Waals surface area contributed by atoms with Crippen LogP contribution in [-0.4, -0.2) is 46.7 Å². The molecule has 25 heavy (non-hydrogen) atoms. The molecule has 0 unspecified atom stereocenters. The number of rotatable bonds is 3. The van der Waals surface area contributed by atoms with Crippen molar-refractivity contribution in [3.05, 3.63) is 5.01 Å². The van der Waals surface area contributed by atoms with Crippen molar-refractivity contribution in [2.24, 2.45) is 5.41 Å². The van der Waals surface area contributed by atoms with Crippen molar-refractivity contribution in [2.45, 2.75) is 77.2 Å². The van der Waals surface area contributed by atoms with Crippen LogP contribution in [0.5, 0.6) is 0 Å². The first-order chi connectivity index (χ1) is 12.1. The second kappa shape index (κ2) is 6.86. The van der Waals surface area contributed by atoms with Crippen LogP contribution in [0.1, 0.15) is 76.1 Å². The van der Waals surface area contributed by atoms with Crippen molar-refractivity contribution >= 4 is 22.4 Å². The van der Waals surface area contributed by atoms with E-state index in [1.807, 2.05) is 0 Å². The van der Waals surface area contributed by atoms with Crippen LogP contribution in [0.3, 0.4) is 0 Å². The summed E-state index contributed by atoms with van der Waals surface area (Å²) in [7, 11) is 0. The highest BCUT2D eigenvalue weighted by Crippen LogP contribution is 2.43. The van der Waals surface area contributed by atoms with Crippen molar-refractivity contribution in [1.29, 1.82) is 0 Å². The lowest BCUT2D eigenvalue weighted by atomic mass is 9.72. The summed E-state index contributed by atoms with van der Waals surface area (Å²) in [4.78, 5) is 17.1. The van der Waals surface area contributed by atoms with Crippen LogP contribution in [0.2, 0.25) is 0 Å². The van der Waals surface area contributed by atoms with Crippen molar-refractivity contribution in [3.8, 4) is 0 Å². The summed E-state index contributed by atoms with van der Waals surface area (Å²) in [5, 5.41) is 11.0. The summed E-state index contributed by atoms with van der Waals surface area (Å²) < 4.78 is 0. The number of piperidine rings is 2. The normalized spacial score (nSPS) is 24.7. The number of anilines is 1. The van der Waals surface area contributed by atoms with E-state index >= 15 is 0 Å². The van der Waals surface area contributed by atoms with Gasteiger partial charge in [0.05, 0.1) is 0 Å². The van der Waals surface area contributed by atoms with E-state index in [2.05, 4.69) is 33.8 Å². The lowest BCUT2D eigenvalue weighted by Gasteiger charge is -2.49. The van der Waals surface area contributed by atoms with Gasteiger partial charge in [0, 0.05) is 38.0 Å². The van der Waals surface area contributed by atoms with Crippen LogP contribution in [0.4, 0.5) is 5.13 Å². The van der Waals surface area contributed by atoms with Gasteiger partial charge >= 0.3 is 0 Å². The van der Waals surface area contributed by atoms with Gasteiger partial charge in [-0.25, -0.2) is 0 Å². The second-order valence-corrected chi connectivity index (χ2v) is 9.51. The molecule has 2 aliphatic heterocycles. The Bertz CT molecular complexity index is 615. The number of hydrogen-bond acceptors (Lipinski definition) is 5. The van der Waals surface area contributed by atoms with Crippen LogP contribution in [0.25, 0.3) is 0 Å². The Morgan fingerprint density at radius 3 is 2.48 bits per heavy atom. The third-order valence-electron chi connectivity index (χ3n) is 6.48. The quantitative estimate of drug-likeness (QED) is 0.820. The summed E-state index contributed by atoms with van der Waals surface area (Å²) in [6, 6.07) is 0.527. The van der Waals surface area contributed by atoms with Gasteiger partial charge in [-0.05, 0) is 37.5 Å². The predicted molar refractivity (Wildman–Crippen MR) is 101 cm³/mol. The third-order valence-corrected chi connectivity index (χ3v) is 7.76. The topological polar surface area (TPSA) is 49.3 Å². The zero-order valence-electron chi connectivity index (χ0n) is 15.5. The molecule has 0 radical (unpaired) electrons. The Hall–Kier alpha value is -1.17. The predicted octanol–water partition coefficient (Wildman–Crippen LogP) is 3.81. The second-order valence-electron chi connectivity index (χ2n) is 8.52. The van der Waals surface area contributed by atoms with Crippen LogP contribution in [0, 0.1) is 5.41 Å². The molecule has 3 aliphatic rings. The molecule has 6 heteroatoms. The number of carbonyl (C=O) groups is 1. The Morgan fingerprint density at radius 2 is 1.84 bits per heavy atom. The molecule has 0 N–H and O–H groups in total. The molecule has 1 aromatic heterocycles. The van der Waals surface area contributed by atoms with E-state index < -0.39 is 0 Å². The number of nitrogens with zero attached hydrogens (tertiary/aromatic N) is 4. The molecule has 5 nitrogen and oxygen atoms in total. The highest BCUT2D eigenvalue weighted by molar-refractivity contribution is 7.15. The van der Waals surface area contributed by atoms with Gasteiger partial charge in [-0.15, -0.1) is 10.2 Å². The third kappa shape index (κ3) is 3.42. The molecule has 1 saturated carbocycles. The first kappa shape index (κ1) is 17.3. The van der Waals surface area contributed by atoms with Crippen molar-refractivity contribution in [3.63, 3.8) is 0 Å². The van der Waals surface area contributed by atoms with E-state index in [-0.39, 0.29) is 0 Å². The maximum Gasteiger partial charge on any atom is 0.222 e. The maximum atomic E-state index is 12.5. The first-order valence-corrected chi connectivity index (χ1v) is 10.8. The van der Waals surface area contributed by atoms with E-state index in [1.54, 1.807) is 11.3 Å². The van der Waals surface area contributed by atoms with Gasteiger partial charge in [0.2, 0.25) is 11.0 Å². The maximum absolute atomic E-state index is 12.5. The van der Waals surface area contributed by atoms with E-state index in [0.717, 1.165) is 42.6 Å². The van der Waals surface area contributed by atoms with Gasteiger partial charge in [-0.1, -0.05) is 38.0 Å². The molecular formula is C19H30N4OS. The summed E-state index contributed by atoms with van der Waals surface area (Å²) in [5.41, 5.74) is 0.346. The molecule has 0 bridgehead atoms.